The van der Waals surface area contributed by atoms with Crippen LogP contribution in [0.3, 0.4) is 0 Å². The standard InChI is InChI=1S/C12H18O4/c1-13-7-9-5-11(15-3)6-10(8-14-2)12(9)16-4/h5-6H,7-8H2,1-4H3. The first kappa shape index (κ1) is 12.8. The lowest BCUT2D eigenvalue weighted by atomic mass is 10.1. The van der Waals surface area contributed by atoms with Gasteiger partial charge in [-0.05, 0) is 12.1 Å². The average Bonchev–Trinajstić information content (AvgIpc) is 2.29. The zero-order valence-corrected chi connectivity index (χ0v) is 10.2. The van der Waals surface area contributed by atoms with Crippen molar-refractivity contribution in [3.63, 3.8) is 0 Å². The van der Waals surface area contributed by atoms with Crippen LogP contribution in [0.4, 0.5) is 0 Å². The Morgan fingerprint density at radius 3 is 1.62 bits per heavy atom. The largest absolute Gasteiger partial charge is 0.497 e. The van der Waals surface area contributed by atoms with Crippen LogP contribution >= 0.6 is 0 Å². The lowest BCUT2D eigenvalue weighted by Gasteiger charge is -2.14. The van der Waals surface area contributed by atoms with Crippen molar-refractivity contribution >= 4 is 0 Å². The molecule has 1 aromatic rings. The van der Waals surface area contributed by atoms with Gasteiger partial charge in [-0.25, -0.2) is 0 Å². The van der Waals surface area contributed by atoms with Crippen molar-refractivity contribution in [1.29, 1.82) is 0 Å². The molecule has 1 aromatic carbocycles. The first-order chi connectivity index (χ1) is 7.76. The Morgan fingerprint density at radius 2 is 1.31 bits per heavy atom. The van der Waals surface area contributed by atoms with Crippen molar-refractivity contribution < 1.29 is 18.9 Å². The second-order valence-corrected chi connectivity index (χ2v) is 3.34. The molecule has 0 N–H and O–H groups in total. The molecule has 16 heavy (non-hydrogen) atoms. The predicted octanol–water partition coefficient (Wildman–Crippen LogP) is 2.00. The van der Waals surface area contributed by atoms with Crippen LogP contribution in [-0.2, 0) is 22.7 Å². The molecule has 0 aromatic heterocycles. The third-order valence-corrected chi connectivity index (χ3v) is 2.26. The van der Waals surface area contributed by atoms with Gasteiger partial charge in [0.2, 0.25) is 0 Å². The fourth-order valence-electron chi connectivity index (χ4n) is 1.63. The SMILES string of the molecule is COCc1cc(OC)cc(COC)c1OC. The summed E-state index contributed by atoms with van der Waals surface area (Å²) in [5, 5.41) is 0. The second kappa shape index (κ2) is 6.35. The van der Waals surface area contributed by atoms with E-state index in [9.17, 15) is 0 Å². The highest BCUT2D eigenvalue weighted by Crippen LogP contribution is 2.30. The van der Waals surface area contributed by atoms with Crippen LogP contribution in [0.2, 0.25) is 0 Å². The second-order valence-electron chi connectivity index (χ2n) is 3.34. The van der Waals surface area contributed by atoms with Gasteiger partial charge in [0.15, 0.2) is 0 Å². The maximum absolute atomic E-state index is 5.37. The number of methoxy groups -OCH3 is 4. The van der Waals surface area contributed by atoms with Crippen LogP contribution in [-0.4, -0.2) is 28.4 Å². The number of ether oxygens (including phenoxy) is 4. The van der Waals surface area contributed by atoms with Crippen molar-refractivity contribution in [2.75, 3.05) is 28.4 Å². The lowest BCUT2D eigenvalue weighted by Crippen LogP contribution is -2.01. The van der Waals surface area contributed by atoms with Gasteiger partial charge in [-0.1, -0.05) is 0 Å². The molecule has 90 valence electrons. The molecule has 4 heteroatoms. The number of hydrogen-bond donors (Lipinski definition) is 0. The van der Waals surface area contributed by atoms with Crippen molar-refractivity contribution in [3.8, 4) is 11.5 Å². The van der Waals surface area contributed by atoms with Crippen LogP contribution in [0, 0.1) is 0 Å². The minimum atomic E-state index is 0.483. The van der Waals surface area contributed by atoms with E-state index in [0.717, 1.165) is 22.6 Å². The van der Waals surface area contributed by atoms with Gasteiger partial charge < -0.3 is 18.9 Å². The Kier molecular flexibility index (Phi) is 5.08. The number of benzene rings is 1. The van der Waals surface area contributed by atoms with E-state index >= 15 is 0 Å². The van der Waals surface area contributed by atoms with E-state index in [2.05, 4.69) is 0 Å². The normalized spacial score (nSPS) is 10.2. The fourth-order valence-corrected chi connectivity index (χ4v) is 1.63. The molecule has 0 bridgehead atoms. The maximum atomic E-state index is 5.37. The quantitative estimate of drug-likeness (QED) is 0.743. The summed E-state index contributed by atoms with van der Waals surface area (Å²) < 4.78 is 20.8. The van der Waals surface area contributed by atoms with E-state index in [0.29, 0.717) is 13.2 Å². The third kappa shape index (κ3) is 2.87. The Balaban J connectivity index is 3.16. The van der Waals surface area contributed by atoms with Gasteiger partial charge >= 0.3 is 0 Å². The van der Waals surface area contributed by atoms with E-state index in [-0.39, 0.29) is 0 Å². The molecule has 0 saturated heterocycles. The van der Waals surface area contributed by atoms with Gasteiger partial charge in [-0.3, -0.25) is 0 Å². The summed E-state index contributed by atoms with van der Waals surface area (Å²) in [7, 11) is 6.57. The minimum Gasteiger partial charge on any atom is -0.497 e. The molecule has 0 aliphatic carbocycles. The van der Waals surface area contributed by atoms with Crippen molar-refractivity contribution in [2.24, 2.45) is 0 Å². The van der Waals surface area contributed by atoms with E-state index in [1.54, 1.807) is 28.4 Å². The number of hydrogen-bond acceptors (Lipinski definition) is 4. The lowest BCUT2D eigenvalue weighted by molar-refractivity contribution is 0.173. The molecular formula is C12H18O4. The monoisotopic (exact) mass is 226 g/mol. The van der Waals surface area contributed by atoms with E-state index in [1.807, 2.05) is 12.1 Å². The highest BCUT2D eigenvalue weighted by Gasteiger charge is 2.11. The highest BCUT2D eigenvalue weighted by atomic mass is 16.5. The smallest absolute Gasteiger partial charge is 0.130 e. The molecule has 0 unspecified atom stereocenters. The Bertz CT molecular complexity index is 309. The molecule has 0 aliphatic heterocycles. The first-order valence-electron chi connectivity index (χ1n) is 4.98. The van der Waals surface area contributed by atoms with Crippen LogP contribution in [0.1, 0.15) is 11.1 Å². The molecule has 0 amide bonds. The summed E-state index contributed by atoms with van der Waals surface area (Å²) in [5.41, 5.74) is 1.91. The molecule has 4 nitrogen and oxygen atoms in total. The molecular weight excluding hydrogens is 208 g/mol. The van der Waals surface area contributed by atoms with Gasteiger partial charge in [0, 0.05) is 25.3 Å². The molecule has 0 heterocycles. The highest BCUT2D eigenvalue weighted by molar-refractivity contribution is 5.46. The zero-order valence-electron chi connectivity index (χ0n) is 10.2. The summed E-state index contributed by atoms with van der Waals surface area (Å²) in [6.45, 7) is 0.966. The van der Waals surface area contributed by atoms with Crippen LogP contribution in [0.15, 0.2) is 12.1 Å². The minimum absolute atomic E-state index is 0.483. The average molecular weight is 226 g/mol. The summed E-state index contributed by atoms with van der Waals surface area (Å²) >= 11 is 0. The van der Waals surface area contributed by atoms with Crippen LogP contribution < -0.4 is 9.47 Å². The van der Waals surface area contributed by atoms with Gasteiger partial charge in [0.1, 0.15) is 11.5 Å². The Labute approximate surface area is 96.1 Å². The van der Waals surface area contributed by atoms with Crippen molar-refractivity contribution in [2.45, 2.75) is 13.2 Å². The molecule has 0 spiro atoms. The summed E-state index contributed by atoms with van der Waals surface area (Å²) in [5.74, 6) is 1.57. The summed E-state index contributed by atoms with van der Waals surface area (Å²) in [4.78, 5) is 0. The van der Waals surface area contributed by atoms with E-state index in [1.165, 1.54) is 0 Å². The van der Waals surface area contributed by atoms with Gasteiger partial charge in [-0.15, -0.1) is 0 Å². The van der Waals surface area contributed by atoms with Gasteiger partial charge in [0.25, 0.3) is 0 Å². The molecule has 0 fully saturated rings. The molecule has 0 saturated carbocycles. The van der Waals surface area contributed by atoms with Crippen molar-refractivity contribution in [1.82, 2.24) is 0 Å². The molecule has 0 radical (unpaired) electrons. The molecule has 0 aliphatic rings. The summed E-state index contributed by atoms with van der Waals surface area (Å²) in [6, 6.07) is 3.81. The maximum Gasteiger partial charge on any atom is 0.130 e. The number of rotatable bonds is 6. The van der Waals surface area contributed by atoms with Crippen LogP contribution in [0.25, 0.3) is 0 Å². The summed E-state index contributed by atoms with van der Waals surface area (Å²) in [6.07, 6.45) is 0. The predicted molar refractivity (Wildman–Crippen MR) is 61.0 cm³/mol. The molecule has 0 atom stereocenters. The Hall–Kier alpha value is -1.26. The third-order valence-electron chi connectivity index (χ3n) is 2.26. The van der Waals surface area contributed by atoms with E-state index in [4.69, 9.17) is 18.9 Å². The van der Waals surface area contributed by atoms with Gasteiger partial charge in [-0.2, -0.15) is 0 Å². The molecule has 1 rings (SSSR count). The fraction of sp³-hybridized carbons (Fsp3) is 0.500. The Morgan fingerprint density at radius 1 is 0.812 bits per heavy atom. The van der Waals surface area contributed by atoms with Gasteiger partial charge in [0.05, 0.1) is 27.4 Å². The van der Waals surface area contributed by atoms with Crippen molar-refractivity contribution in [3.05, 3.63) is 23.3 Å². The van der Waals surface area contributed by atoms with E-state index < -0.39 is 0 Å². The zero-order chi connectivity index (χ0) is 12.0. The first-order valence-corrected chi connectivity index (χ1v) is 4.98. The topological polar surface area (TPSA) is 36.9 Å². The van der Waals surface area contributed by atoms with Crippen LogP contribution in [0.5, 0.6) is 11.5 Å².